The second kappa shape index (κ2) is 5.18. The van der Waals surface area contributed by atoms with Crippen molar-refractivity contribution in [2.75, 3.05) is 11.1 Å². The van der Waals surface area contributed by atoms with Gasteiger partial charge in [0.25, 0.3) is 5.91 Å². The Hall–Kier alpha value is -1.89. The number of aromatic nitrogens is 2. The number of carbonyl (C=O) groups excluding carboxylic acids is 1. The maximum atomic E-state index is 11.3. The lowest BCUT2D eigenvalue weighted by molar-refractivity contribution is 0.100. The Morgan fingerprint density at radius 2 is 2.28 bits per heavy atom. The van der Waals surface area contributed by atoms with Crippen molar-refractivity contribution in [3.63, 3.8) is 0 Å². The molecule has 0 saturated heterocycles. The Morgan fingerprint density at radius 3 is 2.94 bits per heavy atom. The second-order valence-corrected chi connectivity index (χ2v) is 4.52. The number of aliphatic hydroxyl groups is 1. The summed E-state index contributed by atoms with van der Waals surface area (Å²) < 4.78 is 0. The van der Waals surface area contributed by atoms with E-state index in [0.29, 0.717) is 12.2 Å². The fraction of sp³-hybridized carbons (Fsp3) is 0.545. The van der Waals surface area contributed by atoms with Gasteiger partial charge in [-0.2, -0.15) is 4.98 Å². The third kappa shape index (κ3) is 2.86. The highest BCUT2D eigenvalue weighted by Crippen LogP contribution is 2.23. The Morgan fingerprint density at radius 1 is 1.50 bits per heavy atom. The first-order chi connectivity index (χ1) is 8.56. The summed E-state index contributed by atoms with van der Waals surface area (Å²) in [7, 11) is 0. The molecule has 1 saturated carbocycles. The fourth-order valence-corrected chi connectivity index (χ4v) is 2.17. The summed E-state index contributed by atoms with van der Waals surface area (Å²) in [5, 5.41) is 12.7. The van der Waals surface area contributed by atoms with E-state index in [2.05, 4.69) is 15.3 Å². The molecule has 1 aliphatic rings. The number of nitrogens with one attached hydrogen (secondary N) is 1. The van der Waals surface area contributed by atoms with Crippen molar-refractivity contribution in [3.05, 3.63) is 11.8 Å². The lowest BCUT2D eigenvalue weighted by Crippen LogP contribution is -2.31. The standard InChI is InChI=1S/C11H17N5O2/c12-9(18)8-5-14-11(13)16-10(8)15-6-2-1-3-7(17)4-6/h5-7,17H,1-4H2,(H2,12,18)(H3,13,14,15,16). The third-order valence-electron chi connectivity index (χ3n) is 3.06. The summed E-state index contributed by atoms with van der Waals surface area (Å²) in [5.41, 5.74) is 11.0. The topological polar surface area (TPSA) is 127 Å². The highest BCUT2D eigenvalue weighted by atomic mass is 16.3. The molecule has 1 amide bonds. The molecule has 2 rings (SSSR count). The van der Waals surface area contributed by atoms with Gasteiger partial charge in [-0.3, -0.25) is 4.79 Å². The van der Waals surface area contributed by atoms with E-state index in [0.717, 1.165) is 19.3 Å². The molecule has 0 aromatic carbocycles. The number of nitrogen functional groups attached to an aromatic ring is 1. The van der Waals surface area contributed by atoms with Crippen LogP contribution in [0.1, 0.15) is 36.0 Å². The van der Waals surface area contributed by atoms with Gasteiger partial charge in [-0.15, -0.1) is 0 Å². The minimum absolute atomic E-state index is 0.0705. The van der Waals surface area contributed by atoms with Crippen LogP contribution in [0.4, 0.5) is 11.8 Å². The molecule has 2 atom stereocenters. The minimum atomic E-state index is -0.603. The van der Waals surface area contributed by atoms with E-state index in [1.54, 1.807) is 0 Å². The quantitative estimate of drug-likeness (QED) is 0.592. The zero-order valence-electron chi connectivity index (χ0n) is 9.97. The van der Waals surface area contributed by atoms with Crippen molar-refractivity contribution in [1.82, 2.24) is 9.97 Å². The molecule has 1 aliphatic carbocycles. The molecular formula is C11H17N5O2. The van der Waals surface area contributed by atoms with Crippen LogP contribution in [0, 0.1) is 0 Å². The Kier molecular flexibility index (Phi) is 3.61. The number of hydrogen-bond acceptors (Lipinski definition) is 6. The van der Waals surface area contributed by atoms with E-state index >= 15 is 0 Å². The minimum Gasteiger partial charge on any atom is -0.393 e. The van der Waals surface area contributed by atoms with E-state index < -0.39 is 5.91 Å². The molecule has 1 aromatic rings. The zero-order valence-corrected chi connectivity index (χ0v) is 9.97. The van der Waals surface area contributed by atoms with Crippen LogP contribution in [0.2, 0.25) is 0 Å². The third-order valence-corrected chi connectivity index (χ3v) is 3.06. The number of primary amides is 1. The Bertz CT molecular complexity index is 451. The van der Waals surface area contributed by atoms with E-state index in [1.807, 2.05) is 0 Å². The monoisotopic (exact) mass is 251 g/mol. The summed E-state index contributed by atoms with van der Waals surface area (Å²) in [5.74, 6) is -0.179. The highest BCUT2D eigenvalue weighted by Gasteiger charge is 2.22. The lowest BCUT2D eigenvalue weighted by Gasteiger charge is -2.27. The number of rotatable bonds is 3. The molecule has 1 aromatic heterocycles. The van der Waals surface area contributed by atoms with Gasteiger partial charge >= 0.3 is 0 Å². The van der Waals surface area contributed by atoms with Crippen molar-refractivity contribution < 1.29 is 9.90 Å². The van der Waals surface area contributed by atoms with Gasteiger partial charge in [-0.1, -0.05) is 0 Å². The number of aliphatic hydroxyl groups excluding tert-OH is 1. The molecule has 7 nitrogen and oxygen atoms in total. The average molecular weight is 251 g/mol. The number of nitrogens with zero attached hydrogens (tertiary/aromatic N) is 2. The summed E-state index contributed by atoms with van der Waals surface area (Å²) in [6.45, 7) is 0. The first-order valence-corrected chi connectivity index (χ1v) is 5.93. The number of carbonyl (C=O) groups is 1. The number of hydrogen-bond donors (Lipinski definition) is 4. The fourth-order valence-electron chi connectivity index (χ4n) is 2.17. The zero-order chi connectivity index (χ0) is 13.1. The van der Waals surface area contributed by atoms with Crippen LogP contribution >= 0.6 is 0 Å². The van der Waals surface area contributed by atoms with Crippen LogP contribution in [-0.4, -0.2) is 33.1 Å². The molecule has 1 heterocycles. The summed E-state index contributed by atoms with van der Waals surface area (Å²) >= 11 is 0. The summed E-state index contributed by atoms with van der Waals surface area (Å²) in [4.78, 5) is 19.0. The van der Waals surface area contributed by atoms with Crippen LogP contribution in [-0.2, 0) is 0 Å². The number of anilines is 2. The summed E-state index contributed by atoms with van der Waals surface area (Å²) in [6, 6.07) is 0.0705. The van der Waals surface area contributed by atoms with Crippen molar-refractivity contribution in [2.24, 2.45) is 5.73 Å². The SMILES string of the molecule is NC(=O)c1cnc(N)nc1NC1CCCC(O)C1. The Labute approximate surface area is 105 Å². The molecule has 0 aliphatic heterocycles. The van der Waals surface area contributed by atoms with Gasteiger partial charge in [-0.25, -0.2) is 4.98 Å². The molecule has 0 radical (unpaired) electrons. The van der Waals surface area contributed by atoms with Gasteiger partial charge in [0.05, 0.1) is 11.7 Å². The van der Waals surface area contributed by atoms with Crippen molar-refractivity contribution in [2.45, 2.75) is 37.8 Å². The van der Waals surface area contributed by atoms with E-state index in [-0.39, 0.29) is 23.7 Å². The predicted molar refractivity (Wildman–Crippen MR) is 66.8 cm³/mol. The van der Waals surface area contributed by atoms with Crippen LogP contribution in [0.3, 0.4) is 0 Å². The molecular weight excluding hydrogens is 234 g/mol. The van der Waals surface area contributed by atoms with Gasteiger partial charge in [0, 0.05) is 12.2 Å². The molecule has 98 valence electrons. The number of nitrogens with two attached hydrogens (primary N) is 2. The second-order valence-electron chi connectivity index (χ2n) is 4.52. The molecule has 0 bridgehead atoms. The van der Waals surface area contributed by atoms with Gasteiger partial charge in [-0.05, 0) is 25.7 Å². The smallest absolute Gasteiger partial charge is 0.254 e. The van der Waals surface area contributed by atoms with Crippen LogP contribution in [0.5, 0.6) is 0 Å². The first kappa shape index (κ1) is 12.6. The largest absolute Gasteiger partial charge is 0.393 e. The van der Waals surface area contributed by atoms with Gasteiger partial charge in [0.2, 0.25) is 5.95 Å². The molecule has 6 N–H and O–H groups in total. The van der Waals surface area contributed by atoms with Crippen molar-refractivity contribution in [3.8, 4) is 0 Å². The van der Waals surface area contributed by atoms with Crippen molar-refractivity contribution >= 4 is 17.7 Å². The summed E-state index contributed by atoms with van der Waals surface area (Å²) in [6.07, 6.45) is 4.29. The lowest BCUT2D eigenvalue weighted by atomic mass is 9.93. The molecule has 2 unspecified atom stereocenters. The van der Waals surface area contributed by atoms with E-state index in [4.69, 9.17) is 11.5 Å². The van der Waals surface area contributed by atoms with Crippen LogP contribution in [0.15, 0.2) is 6.20 Å². The molecule has 18 heavy (non-hydrogen) atoms. The molecule has 1 fully saturated rings. The predicted octanol–water partition coefficient (Wildman–Crippen LogP) is -0.127. The van der Waals surface area contributed by atoms with Crippen molar-refractivity contribution in [1.29, 1.82) is 0 Å². The molecule has 7 heteroatoms. The first-order valence-electron chi connectivity index (χ1n) is 5.93. The van der Waals surface area contributed by atoms with Gasteiger partial charge < -0.3 is 21.9 Å². The number of amides is 1. The highest BCUT2D eigenvalue weighted by molar-refractivity contribution is 5.97. The van der Waals surface area contributed by atoms with E-state index in [1.165, 1.54) is 6.20 Å². The Balaban J connectivity index is 2.16. The molecule has 0 spiro atoms. The average Bonchev–Trinajstić information content (AvgIpc) is 2.28. The normalized spacial score (nSPS) is 23.6. The van der Waals surface area contributed by atoms with Crippen LogP contribution < -0.4 is 16.8 Å². The van der Waals surface area contributed by atoms with Gasteiger partial charge in [0.1, 0.15) is 5.82 Å². The van der Waals surface area contributed by atoms with Gasteiger partial charge in [0.15, 0.2) is 0 Å². The van der Waals surface area contributed by atoms with Crippen LogP contribution in [0.25, 0.3) is 0 Å². The van der Waals surface area contributed by atoms with E-state index in [9.17, 15) is 9.90 Å². The maximum Gasteiger partial charge on any atom is 0.254 e. The maximum absolute atomic E-state index is 11.3.